The molecule has 76 valence electrons. The molecule has 5 heteroatoms. The molecular formula is C9H15N5. The molecule has 1 aromatic heterocycles. The molecule has 0 saturated heterocycles. The van der Waals surface area contributed by atoms with E-state index in [4.69, 9.17) is 0 Å². The Morgan fingerprint density at radius 2 is 2.29 bits per heavy atom. The Labute approximate surface area is 83.3 Å². The maximum absolute atomic E-state index is 4.46. The first-order valence-electron chi connectivity index (χ1n) is 5.00. The lowest BCUT2D eigenvalue weighted by molar-refractivity contribution is 0.731. The Hall–Kier alpha value is -1.39. The van der Waals surface area contributed by atoms with Crippen LogP contribution < -0.4 is 5.32 Å². The summed E-state index contributed by atoms with van der Waals surface area (Å²) in [6.45, 7) is 0.931. The van der Waals surface area contributed by atoms with E-state index in [0.717, 1.165) is 24.7 Å². The van der Waals surface area contributed by atoms with Crippen LogP contribution in [-0.2, 0) is 7.05 Å². The number of anilines is 1. The van der Waals surface area contributed by atoms with Crippen LogP contribution in [0, 0.1) is 0 Å². The highest BCUT2D eigenvalue weighted by Crippen LogP contribution is 2.09. The lowest BCUT2D eigenvalue weighted by Gasteiger charge is -2.06. The molecule has 14 heavy (non-hydrogen) atoms. The molecular weight excluding hydrogens is 178 g/mol. The number of aliphatic imine (C=N–C) groups is 1. The third kappa shape index (κ3) is 2.10. The lowest BCUT2D eigenvalue weighted by atomic mass is 10.2. The summed E-state index contributed by atoms with van der Waals surface area (Å²) < 4.78 is 1.72. The second-order valence-corrected chi connectivity index (χ2v) is 3.47. The first kappa shape index (κ1) is 9.18. The van der Waals surface area contributed by atoms with Gasteiger partial charge in [-0.15, -0.1) is 0 Å². The van der Waals surface area contributed by atoms with Gasteiger partial charge in [-0.1, -0.05) is 6.42 Å². The maximum Gasteiger partial charge on any atom is 0.226 e. The van der Waals surface area contributed by atoms with Crippen molar-refractivity contribution in [1.82, 2.24) is 14.8 Å². The number of rotatable bonds is 1. The van der Waals surface area contributed by atoms with E-state index >= 15 is 0 Å². The molecule has 1 aliphatic rings. The predicted octanol–water partition coefficient (Wildman–Crippen LogP) is 1.20. The fourth-order valence-corrected chi connectivity index (χ4v) is 1.51. The Morgan fingerprint density at radius 1 is 1.36 bits per heavy atom. The molecule has 1 aliphatic heterocycles. The minimum atomic E-state index is 0.769. The molecule has 0 bridgehead atoms. The second kappa shape index (κ2) is 4.21. The quantitative estimate of drug-likeness (QED) is 0.729. The molecule has 0 aromatic carbocycles. The summed E-state index contributed by atoms with van der Waals surface area (Å²) in [5.41, 5.74) is 0. The molecule has 1 N–H and O–H groups in total. The van der Waals surface area contributed by atoms with Crippen LogP contribution in [0.25, 0.3) is 0 Å². The Kier molecular flexibility index (Phi) is 2.76. The van der Waals surface area contributed by atoms with Gasteiger partial charge in [0, 0.05) is 20.0 Å². The monoisotopic (exact) mass is 193 g/mol. The van der Waals surface area contributed by atoms with Gasteiger partial charge in [0.05, 0.1) is 0 Å². The normalized spacial score (nSPS) is 17.4. The van der Waals surface area contributed by atoms with Crippen LogP contribution in [0.5, 0.6) is 0 Å². The standard InChI is InChI=1S/C9H15N5/c1-14-9(11-7-12-14)13-8-5-3-2-4-6-10-8/h7H,2-6H2,1H3,(H,10,11,12,13). The number of aryl methyl sites for hydroxylation is 1. The number of amidine groups is 1. The van der Waals surface area contributed by atoms with Crippen molar-refractivity contribution in [1.29, 1.82) is 0 Å². The van der Waals surface area contributed by atoms with Gasteiger partial charge >= 0.3 is 0 Å². The molecule has 2 heterocycles. The molecule has 5 nitrogen and oxygen atoms in total. The van der Waals surface area contributed by atoms with E-state index in [1.54, 1.807) is 11.0 Å². The number of hydrogen-bond donors (Lipinski definition) is 1. The maximum atomic E-state index is 4.46. The minimum Gasteiger partial charge on any atom is -0.313 e. The van der Waals surface area contributed by atoms with Crippen LogP contribution in [0.15, 0.2) is 11.3 Å². The Morgan fingerprint density at radius 3 is 3.07 bits per heavy atom. The smallest absolute Gasteiger partial charge is 0.226 e. The summed E-state index contributed by atoms with van der Waals surface area (Å²) in [5.74, 6) is 1.81. The van der Waals surface area contributed by atoms with Gasteiger partial charge in [0.25, 0.3) is 0 Å². The second-order valence-electron chi connectivity index (χ2n) is 3.47. The van der Waals surface area contributed by atoms with Gasteiger partial charge in [0.2, 0.25) is 5.95 Å². The molecule has 0 unspecified atom stereocenters. The zero-order valence-electron chi connectivity index (χ0n) is 8.40. The number of aromatic nitrogens is 3. The van der Waals surface area contributed by atoms with Crippen molar-refractivity contribution in [3.05, 3.63) is 6.33 Å². The van der Waals surface area contributed by atoms with E-state index in [9.17, 15) is 0 Å². The fraction of sp³-hybridized carbons (Fsp3) is 0.667. The van der Waals surface area contributed by atoms with E-state index in [1.807, 2.05) is 7.05 Å². The van der Waals surface area contributed by atoms with E-state index in [0.29, 0.717) is 0 Å². The first-order valence-corrected chi connectivity index (χ1v) is 5.00. The van der Waals surface area contributed by atoms with Gasteiger partial charge in [-0.25, -0.2) is 4.68 Å². The van der Waals surface area contributed by atoms with Gasteiger partial charge in [0.15, 0.2) is 0 Å². The van der Waals surface area contributed by atoms with Gasteiger partial charge in [-0.05, 0) is 12.8 Å². The van der Waals surface area contributed by atoms with Crippen LogP contribution in [0.4, 0.5) is 5.95 Å². The molecule has 0 fully saturated rings. The highest BCUT2D eigenvalue weighted by atomic mass is 15.4. The van der Waals surface area contributed by atoms with Crippen LogP contribution in [0.2, 0.25) is 0 Å². The van der Waals surface area contributed by atoms with E-state index in [1.165, 1.54) is 19.3 Å². The molecule has 0 aliphatic carbocycles. The van der Waals surface area contributed by atoms with Crippen molar-refractivity contribution in [3.63, 3.8) is 0 Å². The van der Waals surface area contributed by atoms with Crippen molar-refractivity contribution in [2.75, 3.05) is 11.9 Å². The summed E-state index contributed by atoms with van der Waals surface area (Å²) in [7, 11) is 1.87. The summed E-state index contributed by atoms with van der Waals surface area (Å²) in [4.78, 5) is 8.56. The first-order chi connectivity index (χ1) is 6.86. The number of nitrogens with one attached hydrogen (secondary N) is 1. The van der Waals surface area contributed by atoms with Crippen molar-refractivity contribution in [3.8, 4) is 0 Å². The van der Waals surface area contributed by atoms with Crippen LogP contribution in [0.3, 0.4) is 0 Å². The SMILES string of the molecule is Cn1ncnc1NC1=NCCCCC1. The van der Waals surface area contributed by atoms with Crippen LogP contribution in [0.1, 0.15) is 25.7 Å². The van der Waals surface area contributed by atoms with Gasteiger partial charge in [0.1, 0.15) is 12.2 Å². The summed E-state index contributed by atoms with van der Waals surface area (Å²) in [5, 5.41) is 7.20. The van der Waals surface area contributed by atoms with Gasteiger partial charge in [-0.3, -0.25) is 4.99 Å². The Balaban J connectivity index is 2.02. The predicted molar refractivity (Wildman–Crippen MR) is 55.4 cm³/mol. The van der Waals surface area contributed by atoms with Crippen molar-refractivity contribution in [2.45, 2.75) is 25.7 Å². The summed E-state index contributed by atoms with van der Waals surface area (Å²) in [6.07, 6.45) is 6.24. The van der Waals surface area contributed by atoms with Crippen LogP contribution >= 0.6 is 0 Å². The molecule has 0 saturated carbocycles. The third-order valence-electron chi connectivity index (χ3n) is 2.34. The highest BCUT2D eigenvalue weighted by Gasteiger charge is 2.06. The van der Waals surface area contributed by atoms with E-state index < -0.39 is 0 Å². The zero-order chi connectivity index (χ0) is 9.80. The van der Waals surface area contributed by atoms with Gasteiger partial charge < -0.3 is 5.32 Å². The van der Waals surface area contributed by atoms with Crippen molar-refractivity contribution >= 4 is 11.8 Å². The summed E-state index contributed by atoms with van der Waals surface area (Å²) >= 11 is 0. The fourth-order valence-electron chi connectivity index (χ4n) is 1.51. The molecule has 0 radical (unpaired) electrons. The van der Waals surface area contributed by atoms with Crippen molar-refractivity contribution in [2.24, 2.45) is 12.0 Å². The van der Waals surface area contributed by atoms with Crippen molar-refractivity contribution < 1.29 is 0 Å². The molecule has 0 spiro atoms. The number of nitrogens with zero attached hydrogens (tertiary/aromatic N) is 4. The van der Waals surface area contributed by atoms with E-state index in [2.05, 4.69) is 20.4 Å². The van der Waals surface area contributed by atoms with Crippen LogP contribution in [-0.4, -0.2) is 27.1 Å². The lowest BCUT2D eigenvalue weighted by Crippen LogP contribution is -2.15. The topological polar surface area (TPSA) is 55.1 Å². The Bertz CT molecular complexity index is 328. The minimum absolute atomic E-state index is 0.769. The average Bonchev–Trinajstić information content (AvgIpc) is 2.44. The highest BCUT2D eigenvalue weighted by molar-refractivity contribution is 5.94. The largest absolute Gasteiger partial charge is 0.313 e. The molecule has 2 rings (SSSR count). The third-order valence-corrected chi connectivity index (χ3v) is 2.34. The summed E-state index contributed by atoms with van der Waals surface area (Å²) in [6, 6.07) is 0. The molecule has 1 aromatic rings. The number of hydrogen-bond acceptors (Lipinski definition) is 4. The van der Waals surface area contributed by atoms with Gasteiger partial charge in [-0.2, -0.15) is 10.1 Å². The zero-order valence-corrected chi connectivity index (χ0v) is 8.40. The average molecular weight is 193 g/mol. The molecule has 0 amide bonds. The van der Waals surface area contributed by atoms with E-state index in [-0.39, 0.29) is 0 Å². The molecule has 0 atom stereocenters.